The highest BCUT2D eigenvalue weighted by Crippen LogP contribution is 2.48. The molecule has 36 heavy (non-hydrogen) atoms. The zero-order valence-corrected chi connectivity index (χ0v) is 21.0. The Labute approximate surface area is 211 Å². The van der Waals surface area contributed by atoms with Crippen molar-refractivity contribution in [2.45, 2.75) is 26.3 Å². The molecule has 2 aliphatic carbocycles. The molecule has 0 saturated heterocycles. The van der Waals surface area contributed by atoms with Crippen LogP contribution in [0.2, 0.25) is 0 Å². The summed E-state index contributed by atoms with van der Waals surface area (Å²) in [5, 5.41) is 1.98. The van der Waals surface area contributed by atoms with Gasteiger partial charge in [0.05, 0.1) is 31.0 Å². The molecule has 3 aliphatic rings. The van der Waals surface area contributed by atoms with Gasteiger partial charge in [-0.15, -0.1) is 0 Å². The maximum absolute atomic E-state index is 13.9. The van der Waals surface area contributed by atoms with Gasteiger partial charge in [0.25, 0.3) is 0 Å². The number of anilines is 1. The third-order valence-corrected chi connectivity index (χ3v) is 7.37. The van der Waals surface area contributed by atoms with Crippen LogP contribution in [0, 0.1) is 17.7 Å². The fourth-order valence-corrected chi connectivity index (χ4v) is 5.49. The minimum Gasteiger partial charge on any atom is -0.497 e. The third-order valence-electron chi connectivity index (χ3n) is 7.37. The summed E-state index contributed by atoms with van der Waals surface area (Å²) in [6, 6.07) is 14.3. The number of rotatable bonds is 8. The second-order valence-electron chi connectivity index (χ2n) is 9.46. The van der Waals surface area contributed by atoms with E-state index in [4.69, 9.17) is 9.47 Å². The number of ether oxygens (including phenoxy) is 2. The highest BCUT2D eigenvalue weighted by molar-refractivity contribution is 5.84. The predicted octanol–water partition coefficient (Wildman–Crippen LogP) is 4.96. The van der Waals surface area contributed by atoms with Gasteiger partial charge in [-0.2, -0.15) is 0 Å². The Morgan fingerprint density at radius 1 is 1.14 bits per heavy atom. The highest BCUT2D eigenvalue weighted by atomic mass is 19.1. The number of nitrogens with zero attached hydrogens (tertiary/aromatic N) is 2. The van der Waals surface area contributed by atoms with Gasteiger partial charge in [0, 0.05) is 37.9 Å². The number of carbonyl (C=O) groups excluding carboxylic acids is 1. The predicted molar refractivity (Wildman–Crippen MR) is 137 cm³/mol. The zero-order valence-electron chi connectivity index (χ0n) is 21.0. The van der Waals surface area contributed by atoms with Crippen molar-refractivity contribution in [1.82, 2.24) is 10.3 Å². The number of hydrazine groups is 1. The average Bonchev–Trinajstić information content (AvgIpc) is 3.52. The van der Waals surface area contributed by atoms with Gasteiger partial charge in [0.1, 0.15) is 11.6 Å². The van der Waals surface area contributed by atoms with E-state index in [1.165, 1.54) is 23.3 Å². The molecule has 0 unspecified atom stereocenters. The van der Waals surface area contributed by atoms with Crippen LogP contribution >= 0.6 is 0 Å². The van der Waals surface area contributed by atoms with Crippen LogP contribution < -0.4 is 15.2 Å². The monoisotopic (exact) mass is 489 g/mol. The van der Waals surface area contributed by atoms with Gasteiger partial charge >= 0.3 is 0 Å². The number of methoxy groups -OCH3 is 2. The SMILES string of the molecule is COCCN(Cc1ccc(OC)cc1)C(=O)[C@H]1CCC2=C1[C@@H](C)C1=CNN(c3ccc(F)cc3)C1=C2. The number of halogens is 1. The lowest BCUT2D eigenvalue weighted by molar-refractivity contribution is -0.135. The van der Waals surface area contributed by atoms with Crippen LogP contribution in [0.15, 0.2) is 83.2 Å². The van der Waals surface area contributed by atoms with Crippen molar-refractivity contribution in [2.24, 2.45) is 11.8 Å². The molecule has 5 rings (SSSR count). The van der Waals surface area contributed by atoms with E-state index in [-0.39, 0.29) is 23.6 Å². The van der Waals surface area contributed by atoms with Crippen molar-refractivity contribution in [2.75, 3.05) is 32.4 Å². The second-order valence-corrected chi connectivity index (χ2v) is 9.46. The average molecular weight is 490 g/mol. The molecule has 2 aromatic carbocycles. The normalized spacial score (nSPS) is 20.4. The lowest BCUT2D eigenvalue weighted by Crippen LogP contribution is -2.39. The van der Waals surface area contributed by atoms with E-state index in [9.17, 15) is 9.18 Å². The number of fused-ring (bicyclic) bond motifs is 1. The summed E-state index contributed by atoms with van der Waals surface area (Å²) in [7, 11) is 3.31. The number of benzene rings is 2. The van der Waals surface area contributed by atoms with Crippen molar-refractivity contribution < 1.29 is 18.7 Å². The number of allylic oxidation sites excluding steroid dienone is 3. The standard InChI is InChI=1S/C29H32FN3O3/c1-19-26-17-31-33(23-9-7-22(30)8-10-23)27(26)16-21-6-13-25(28(19)21)29(34)32(14-15-35-2)18-20-4-11-24(36-3)12-5-20/h4-5,7-12,16-17,19,25,31H,6,13-15,18H2,1-3H3/t19-,25-/m0/s1. The molecule has 2 atom stereocenters. The molecule has 0 bridgehead atoms. The van der Waals surface area contributed by atoms with Crippen LogP contribution in [0.5, 0.6) is 5.75 Å². The molecular weight excluding hydrogens is 457 g/mol. The fraction of sp³-hybridized carbons (Fsp3) is 0.345. The Hall–Kier alpha value is -3.58. The number of amides is 1. The van der Waals surface area contributed by atoms with Gasteiger partial charge in [-0.3, -0.25) is 9.80 Å². The number of carbonyl (C=O) groups is 1. The zero-order chi connectivity index (χ0) is 25.2. The van der Waals surface area contributed by atoms with Gasteiger partial charge in [0.2, 0.25) is 5.91 Å². The third kappa shape index (κ3) is 4.51. The van der Waals surface area contributed by atoms with Crippen LogP contribution in [0.3, 0.4) is 0 Å². The topological polar surface area (TPSA) is 54.0 Å². The first-order chi connectivity index (χ1) is 17.5. The largest absolute Gasteiger partial charge is 0.497 e. The number of hydrogen-bond donors (Lipinski definition) is 1. The van der Waals surface area contributed by atoms with Crippen molar-refractivity contribution in [3.05, 3.63) is 94.6 Å². The molecule has 188 valence electrons. The van der Waals surface area contributed by atoms with Gasteiger partial charge in [-0.25, -0.2) is 4.39 Å². The summed E-state index contributed by atoms with van der Waals surface area (Å²) in [4.78, 5) is 15.8. The molecule has 0 fully saturated rings. The number of hydrogen-bond acceptors (Lipinski definition) is 5. The Morgan fingerprint density at radius 3 is 2.58 bits per heavy atom. The summed E-state index contributed by atoms with van der Waals surface area (Å²) >= 11 is 0. The summed E-state index contributed by atoms with van der Waals surface area (Å²) < 4.78 is 24.0. The molecule has 1 aliphatic heterocycles. The van der Waals surface area contributed by atoms with Crippen molar-refractivity contribution in [3.63, 3.8) is 0 Å². The minimum absolute atomic E-state index is 0.111. The Bertz CT molecular complexity index is 1220. The maximum Gasteiger partial charge on any atom is 0.230 e. The van der Waals surface area contributed by atoms with Crippen LogP contribution in [0.4, 0.5) is 10.1 Å². The van der Waals surface area contributed by atoms with E-state index in [1.54, 1.807) is 26.4 Å². The highest BCUT2D eigenvalue weighted by Gasteiger charge is 2.41. The fourth-order valence-electron chi connectivity index (χ4n) is 5.49. The van der Waals surface area contributed by atoms with E-state index < -0.39 is 0 Å². The maximum atomic E-state index is 13.9. The van der Waals surface area contributed by atoms with Gasteiger partial charge in [-0.05, 0) is 72.0 Å². The van der Waals surface area contributed by atoms with Gasteiger partial charge in [0.15, 0.2) is 0 Å². The van der Waals surface area contributed by atoms with Crippen molar-refractivity contribution in [3.8, 4) is 5.75 Å². The Balaban J connectivity index is 1.39. The smallest absolute Gasteiger partial charge is 0.230 e. The molecule has 0 aromatic heterocycles. The summed E-state index contributed by atoms with van der Waals surface area (Å²) in [6.45, 7) is 3.74. The summed E-state index contributed by atoms with van der Waals surface area (Å²) in [5.74, 6) is 0.652. The molecule has 0 spiro atoms. The lowest BCUT2D eigenvalue weighted by atomic mass is 9.80. The van der Waals surface area contributed by atoms with E-state index in [1.807, 2.05) is 40.4 Å². The summed E-state index contributed by atoms with van der Waals surface area (Å²) in [5.41, 5.74) is 9.93. The van der Waals surface area contributed by atoms with Crippen LogP contribution in [0.25, 0.3) is 0 Å². The van der Waals surface area contributed by atoms with E-state index in [0.29, 0.717) is 19.7 Å². The van der Waals surface area contributed by atoms with Crippen LogP contribution in [-0.4, -0.2) is 38.2 Å². The van der Waals surface area contributed by atoms with Crippen LogP contribution in [-0.2, 0) is 16.1 Å². The van der Waals surface area contributed by atoms with E-state index in [0.717, 1.165) is 41.1 Å². The lowest BCUT2D eigenvalue weighted by Gasteiger charge is -2.32. The molecule has 1 N–H and O–H groups in total. The molecule has 1 heterocycles. The first kappa shape index (κ1) is 24.1. The Kier molecular flexibility index (Phi) is 6.83. The molecular formula is C29H32FN3O3. The second kappa shape index (κ2) is 10.2. The molecule has 0 radical (unpaired) electrons. The Morgan fingerprint density at radius 2 is 1.89 bits per heavy atom. The number of nitrogens with one attached hydrogen (secondary N) is 1. The summed E-state index contributed by atoms with van der Waals surface area (Å²) in [6.07, 6.45) is 5.87. The minimum atomic E-state index is -0.257. The van der Waals surface area contributed by atoms with Crippen molar-refractivity contribution in [1.29, 1.82) is 0 Å². The van der Waals surface area contributed by atoms with Crippen molar-refractivity contribution >= 4 is 11.6 Å². The quantitative estimate of drug-likeness (QED) is 0.568. The molecule has 1 amide bonds. The van der Waals surface area contributed by atoms with E-state index in [2.05, 4.69) is 18.4 Å². The van der Waals surface area contributed by atoms with Gasteiger partial charge in [-0.1, -0.05) is 19.1 Å². The molecule has 6 nitrogen and oxygen atoms in total. The van der Waals surface area contributed by atoms with Crippen LogP contribution in [0.1, 0.15) is 25.3 Å². The first-order valence-corrected chi connectivity index (χ1v) is 12.4. The molecule has 0 saturated carbocycles. The van der Waals surface area contributed by atoms with Gasteiger partial charge < -0.3 is 19.8 Å². The first-order valence-electron chi connectivity index (χ1n) is 12.4. The van der Waals surface area contributed by atoms with E-state index >= 15 is 0 Å². The molecule has 7 heteroatoms. The molecule has 2 aromatic rings.